The lowest BCUT2D eigenvalue weighted by atomic mass is 10.1. The van der Waals surface area contributed by atoms with Gasteiger partial charge in [0.2, 0.25) is 0 Å². The molecule has 0 aliphatic heterocycles. The molecule has 2 rings (SSSR count). The third-order valence-corrected chi connectivity index (χ3v) is 3.22. The van der Waals surface area contributed by atoms with E-state index in [2.05, 4.69) is 11.9 Å². The van der Waals surface area contributed by atoms with Crippen molar-refractivity contribution < 1.29 is 0 Å². The Hall–Kier alpha value is -0.530. The topological polar surface area (TPSA) is 27.1 Å². The van der Waals surface area contributed by atoms with Crippen molar-refractivity contribution in [1.29, 1.82) is 5.41 Å². The molecule has 2 aliphatic rings. The van der Waals surface area contributed by atoms with Crippen LogP contribution in [-0.4, -0.2) is 23.8 Å². The molecule has 2 heteroatoms. The van der Waals surface area contributed by atoms with Crippen molar-refractivity contribution in [3.8, 4) is 0 Å². The van der Waals surface area contributed by atoms with Crippen LogP contribution in [0.5, 0.6) is 0 Å². The highest BCUT2D eigenvalue weighted by atomic mass is 15.2. The molecule has 0 spiro atoms. The number of amidine groups is 1. The van der Waals surface area contributed by atoms with Crippen molar-refractivity contribution >= 4 is 5.84 Å². The van der Waals surface area contributed by atoms with Gasteiger partial charge in [-0.15, -0.1) is 0 Å². The molecule has 2 nitrogen and oxygen atoms in total. The highest BCUT2D eigenvalue weighted by Gasteiger charge is 2.31. The Morgan fingerprint density at radius 2 is 1.75 bits per heavy atom. The Morgan fingerprint density at radius 3 is 2.25 bits per heavy atom. The van der Waals surface area contributed by atoms with Gasteiger partial charge in [0.15, 0.2) is 0 Å². The van der Waals surface area contributed by atoms with E-state index in [4.69, 9.17) is 5.41 Å². The van der Waals surface area contributed by atoms with E-state index in [9.17, 15) is 0 Å². The predicted octanol–water partition coefficient (Wildman–Crippen LogP) is 2.25. The first kappa shape index (κ1) is 8.09. The lowest BCUT2D eigenvalue weighted by molar-refractivity contribution is 0.452. The van der Waals surface area contributed by atoms with Gasteiger partial charge in [0.25, 0.3) is 0 Å². The minimum atomic E-state index is 0.593. The maximum Gasteiger partial charge on any atom is 0.0989 e. The molecule has 0 bridgehead atoms. The van der Waals surface area contributed by atoms with Gasteiger partial charge in [-0.1, -0.05) is 12.8 Å². The second kappa shape index (κ2) is 3.08. The third kappa shape index (κ3) is 1.47. The number of rotatable bonds is 2. The van der Waals surface area contributed by atoms with Crippen molar-refractivity contribution in [1.82, 2.24) is 4.90 Å². The molecule has 1 N–H and O–H groups in total. The van der Waals surface area contributed by atoms with Crippen LogP contribution in [0.15, 0.2) is 0 Å². The minimum absolute atomic E-state index is 0.593. The van der Waals surface area contributed by atoms with Crippen LogP contribution in [0.25, 0.3) is 0 Å². The van der Waals surface area contributed by atoms with Crippen molar-refractivity contribution in [2.45, 2.75) is 44.6 Å². The fourth-order valence-electron chi connectivity index (χ4n) is 2.15. The van der Waals surface area contributed by atoms with Crippen LogP contribution in [0.4, 0.5) is 0 Å². The second-order valence-electron chi connectivity index (χ2n) is 4.21. The van der Waals surface area contributed by atoms with Gasteiger partial charge in [-0.3, -0.25) is 5.41 Å². The van der Waals surface area contributed by atoms with Crippen LogP contribution in [-0.2, 0) is 0 Å². The van der Waals surface area contributed by atoms with Gasteiger partial charge < -0.3 is 4.90 Å². The first-order chi connectivity index (χ1) is 5.79. The van der Waals surface area contributed by atoms with Crippen LogP contribution in [0.3, 0.4) is 0 Å². The molecule has 0 aromatic rings. The van der Waals surface area contributed by atoms with E-state index in [1.807, 2.05) is 0 Å². The summed E-state index contributed by atoms with van der Waals surface area (Å²) in [6, 6.07) is 0.720. The van der Waals surface area contributed by atoms with E-state index < -0.39 is 0 Å². The van der Waals surface area contributed by atoms with Crippen LogP contribution in [0, 0.1) is 11.3 Å². The molecule has 0 aromatic carbocycles. The van der Waals surface area contributed by atoms with Crippen molar-refractivity contribution in [2.75, 3.05) is 7.05 Å². The van der Waals surface area contributed by atoms with Crippen molar-refractivity contribution in [3.05, 3.63) is 0 Å². The van der Waals surface area contributed by atoms with Crippen LogP contribution < -0.4 is 0 Å². The number of hydrogen-bond donors (Lipinski definition) is 1. The largest absolute Gasteiger partial charge is 0.360 e. The summed E-state index contributed by atoms with van der Waals surface area (Å²) in [5.41, 5.74) is 0. The molecular weight excluding hydrogens is 148 g/mol. The molecule has 0 amide bonds. The lowest BCUT2D eigenvalue weighted by Crippen LogP contribution is -2.32. The molecule has 0 saturated heterocycles. The van der Waals surface area contributed by atoms with Gasteiger partial charge in [-0.25, -0.2) is 0 Å². The van der Waals surface area contributed by atoms with Crippen molar-refractivity contribution in [3.63, 3.8) is 0 Å². The second-order valence-corrected chi connectivity index (χ2v) is 4.21. The Morgan fingerprint density at radius 1 is 1.17 bits per heavy atom. The molecule has 0 radical (unpaired) electrons. The summed E-state index contributed by atoms with van der Waals surface area (Å²) in [5, 5.41) is 7.99. The first-order valence-electron chi connectivity index (χ1n) is 5.10. The monoisotopic (exact) mass is 166 g/mol. The van der Waals surface area contributed by atoms with E-state index >= 15 is 0 Å². The molecule has 2 fully saturated rings. The third-order valence-electron chi connectivity index (χ3n) is 3.22. The maximum atomic E-state index is 7.99. The van der Waals surface area contributed by atoms with Crippen molar-refractivity contribution in [2.24, 2.45) is 5.92 Å². The normalized spacial score (nSPS) is 24.4. The summed E-state index contributed by atoms with van der Waals surface area (Å²) in [4.78, 5) is 2.20. The van der Waals surface area contributed by atoms with E-state index in [1.54, 1.807) is 0 Å². The van der Waals surface area contributed by atoms with E-state index in [-0.39, 0.29) is 0 Å². The Kier molecular flexibility index (Phi) is 2.07. The average Bonchev–Trinajstić information content (AvgIpc) is 2.79. The minimum Gasteiger partial charge on any atom is -0.360 e. The Labute approximate surface area is 74.5 Å². The molecule has 12 heavy (non-hydrogen) atoms. The van der Waals surface area contributed by atoms with Gasteiger partial charge in [0.05, 0.1) is 5.84 Å². The zero-order chi connectivity index (χ0) is 8.55. The van der Waals surface area contributed by atoms with Crippen LogP contribution in [0.2, 0.25) is 0 Å². The molecule has 68 valence electrons. The van der Waals surface area contributed by atoms with E-state index in [0.29, 0.717) is 5.92 Å². The predicted molar refractivity (Wildman–Crippen MR) is 50.5 cm³/mol. The SMILES string of the molecule is CN(C(=N)C1CCCC1)C1CC1. The summed E-state index contributed by atoms with van der Waals surface area (Å²) >= 11 is 0. The fourth-order valence-corrected chi connectivity index (χ4v) is 2.15. The van der Waals surface area contributed by atoms with E-state index in [1.165, 1.54) is 38.5 Å². The highest BCUT2D eigenvalue weighted by molar-refractivity contribution is 5.82. The van der Waals surface area contributed by atoms with Gasteiger partial charge in [-0.05, 0) is 25.7 Å². The van der Waals surface area contributed by atoms with Gasteiger partial charge in [-0.2, -0.15) is 0 Å². The summed E-state index contributed by atoms with van der Waals surface area (Å²) in [5.74, 6) is 1.51. The first-order valence-corrected chi connectivity index (χ1v) is 5.10. The van der Waals surface area contributed by atoms with Crippen LogP contribution >= 0.6 is 0 Å². The Bertz CT molecular complexity index is 174. The standard InChI is InChI=1S/C10H18N2/c1-12(9-6-7-9)10(11)8-4-2-3-5-8/h8-9,11H,2-7H2,1H3. The smallest absolute Gasteiger partial charge is 0.0989 e. The van der Waals surface area contributed by atoms with Gasteiger partial charge >= 0.3 is 0 Å². The van der Waals surface area contributed by atoms with Crippen LogP contribution in [0.1, 0.15) is 38.5 Å². The molecule has 2 aliphatic carbocycles. The zero-order valence-electron chi connectivity index (χ0n) is 7.84. The average molecular weight is 166 g/mol. The molecule has 0 atom stereocenters. The molecule has 0 aromatic heterocycles. The zero-order valence-corrected chi connectivity index (χ0v) is 7.84. The Balaban J connectivity index is 1.88. The molecule has 2 saturated carbocycles. The van der Waals surface area contributed by atoms with E-state index in [0.717, 1.165) is 11.9 Å². The number of hydrogen-bond acceptors (Lipinski definition) is 1. The molecule has 0 unspecified atom stereocenters. The van der Waals surface area contributed by atoms with Gasteiger partial charge in [0, 0.05) is 19.0 Å². The quantitative estimate of drug-likeness (QED) is 0.494. The highest BCUT2D eigenvalue weighted by Crippen LogP contribution is 2.31. The summed E-state index contributed by atoms with van der Waals surface area (Å²) in [7, 11) is 2.10. The summed E-state index contributed by atoms with van der Waals surface area (Å²) < 4.78 is 0. The molecule has 0 heterocycles. The summed E-state index contributed by atoms with van der Waals surface area (Å²) in [6.45, 7) is 0. The van der Waals surface area contributed by atoms with Gasteiger partial charge in [0.1, 0.15) is 0 Å². The fraction of sp³-hybridized carbons (Fsp3) is 0.900. The number of nitrogens with zero attached hydrogens (tertiary/aromatic N) is 1. The summed E-state index contributed by atoms with van der Waals surface area (Å²) in [6.07, 6.45) is 7.82. The number of nitrogens with one attached hydrogen (secondary N) is 1. The maximum absolute atomic E-state index is 7.99. The molecular formula is C10H18N2. The lowest BCUT2D eigenvalue weighted by Gasteiger charge is -2.23.